The largest absolute Gasteiger partial charge is 0.394 e. The molecule has 5 N–H and O–H groups in total. The first kappa shape index (κ1) is 79.2. The summed E-state index contributed by atoms with van der Waals surface area (Å²) in [6.45, 7) is 19.7. The van der Waals surface area contributed by atoms with E-state index in [0.29, 0.717) is 126 Å². The first-order valence-corrected chi connectivity index (χ1v) is 28.7. The van der Waals surface area contributed by atoms with Gasteiger partial charge in [0.05, 0.1) is 211 Å². The average Bonchev–Trinajstić information content (AvgIpc) is 3.45. The molecule has 4 amide bonds. The van der Waals surface area contributed by atoms with Crippen LogP contribution in [0.3, 0.4) is 0 Å². The van der Waals surface area contributed by atoms with Crippen molar-refractivity contribution in [3.05, 3.63) is 0 Å². The SMILES string of the molecule is CC.CCCCCOCCOCCOCC(=O)NC(COCCC(=O)NCCOCCOCCOCCO)(COCCC(=O)NCCOCCOCCOCCOC)COCCC(=O)NCCOCCOCCOCCOC(C)C. The molecule has 0 rings (SSSR count). The molecule has 0 aromatic carbocycles. The van der Waals surface area contributed by atoms with E-state index < -0.39 is 11.4 Å². The number of aliphatic hydroxyl groups excluding tert-OH is 1. The molecule has 0 aromatic rings. The van der Waals surface area contributed by atoms with Crippen LogP contribution in [0.15, 0.2) is 0 Å². The number of hydrogen-bond donors (Lipinski definition) is 5. The fourth-order valence-electron chi connectivity index (χ4n) is 6.15. The Balaban J connectivity index is 0. The minimum absolute atomic E-state index is 0.00241. The highest BCUT2D eigenvalue weighted by Gasteiger charge is 2.34. The van der Waals surface area contributed by atoms with Gasteiger partial charge in [0.15, 0.2) is 0 Å². The molecular formula is C54H108N4O22. The molecule has 0 aliphatic rings. The summed E-state index contributed by atoms with van der Waals surface area (Å²) in [7, 11) is 1.61. The standard InChI is InChI=1S/C52H102N4O22.C2H6/c1-5-6-7-15-63-25-30-72-39-40-74-43-51(61)56-52(44-75-16-8-48(58)53-11-19-64-26-31-69-34-29-67-22-14-57,45-76-17-9-49(59)54-12-20-65-27-32-70-36-35-68-24-23-62-4)46-77-18-10-50(60)55-13-21-66-28-33-71-37-38-73-41-42-78-47(2)3;1-2/h47,57H,5-46H2,1-4H3,(H,53,58)(H,54,59)(H,55,60)(H,56,61);1-2H3. The van der Waals surface area contributed by atoms with Crippen LogP contribution in [0.25, 0.3) is 0 Å². The zero-order valence-corrected chi connectivity index (χ0v) is 49.8. The van der Waals surface area contributed by atoms with Gasteiger partial charge in [-0.05, 0) is 20.3 Å². The smallest absolute Gasteiger partial charge is 0.246 e. The number of carbonyl (C=O) groups excluding carboxylic acids is 4. The van der Waals surface area contributed by atoms with Gasteiger partial charge >= 0.3 is 0 Å². The fourth-order valence-corrected chi connectivity index (χ4v) is 6.15. The number of amides is 4. The van der Waals surface area contributed by atoms with Crippen molar-refractivity contribution >= 4 is 23.6 Å². The molecule has 0 fully saturated rings. The van der Waals surface area contributed by atoms with Crippen molar-refractivity contribution in [2.24, 2.45) is 0 Å². The van der Waals surface area contributed by atoms with Crippen LogP contribution >= 0.6 is 0 Å². The Kier molecular flexibility index (Phi) is 64.7. The maximum Gasteiger partial charge on any atom is 0.246 e. The molecule has 0 aliphatic heterocycles. The molecule has 1 unspecified atom stereocenters. The highest BCUT2D eigenvalue weighted by atomic mass is 16.6. The molecule has 0 saturated heterocycles. The molecular weight excluding hydrogens is 1060 g/mol. The van der Waals surface area contributed by atoms with Crippen molar-refractivity contribution in [3.8, 4) is 0 Å². The molecule has 0 heterocycles. The van der Waals surface area contributed by atoms with Crippen LogP contribution < -0.4 is 21.3 Å². The Morgan fingerprint density at radius 3 is 1.06 bits per heavy atom. The van der Waals surface area contributed by atoms with Gasteiger partial charge < -0.3 is 107 Å². The number of rotatable bonds is 64. The number of ether oxygens (including phenoxy) is 17. The van der Waals surface area contributed by atoms with Gasteiger partial charge in [-0.3, -0.25) is 19.2 Å². The number of aliphatic hydroxyl groups is 1. The van der Waals surface area contributed by atoms with Crippen LogP contribution in [0.2, 0.25) is 0 Å². The van der Waals surface area contributed by atoms with E-state index in [4.69, 9.17) is 85.6 Å². The van der Waals surface area contributed by atoms with E-state index >= 15 is 0 Å². The van der Waals surface area contributed by atoms with E-state index in [1.807, 2.05) is 27.7 Å². The second-order valence-electron chi connectivity index (χ2n) is 17.4. The summed E-state index contributed by atoms with van der Waals surface area (Å²) in [6.07, 6.45) is 3.39. The predicted octanol–water partition coefficient (Wildman–Crippen LogP) is 0.889. The first-order chi connectivity index (χ1) is 39.2. The van der Waals surface area contributed by atoms with Crippen LogP contribution in [0, 0.1) is 0 Å². The minimum Gasteiger partial charge on any atom is -0.394 e. The van der Waals surface area contributed by atoms with Gasteiger partial charge in [-0.25, -0.2) is 0 Å². The lowest BCUT2D eigenvalue weighted by Crippen LogP contribution is -2.59. The lowest BCUT2D eigenvalue weighted by atomic mass is 10.0. The van der Waals surface area contributed by atoms with Gasteiger partial charge in [-0.2, -0.15) is 0 Å². The zero-order chi connectivity index (χ0) is 58.9. The normalized spacial score (nSPS) is 12.1. The Morgan fingerprint density at radius 1 is 0.388 bits per heavy atom. The molecule has 0 aromatic heterocycles. The summed E-state index contributed by atoms with van der Waals surface area (Å²) in [6, 6.07) is 0. The van der Waals surface area contributed by atoms with Gasteiger partial charge in [0.1, 0.15) is 12.1 Å². The number of nitrogens with one attached hydrogen (secondary N) is 4. The highest BCUT2D eigenvalue weighted by molar-refractivity contribution is 5.78. The van der Waals surface area contributed by atoms with Gasteiger partial charge in [-0.1, -0.05) is 33.6 Å². The second kappa shape index (κ2) is 65.3. The second-order valence-corrected chi connectivity index (χ2v) is 17.4. The van der Waals surface area contributed by atoms with Gasteiger partial charge in [0.25, 0.3) is 0 Å². The summed E-state index contributed by atoms with van der Waals surface area (Å²) in [4.78, 5) is 51.6. The van der Waals surface area contributed by atoms with Crippen molar-refractivity contribution in [3.63, 3.8) is 0 Å². The molecule has 0 bridgehead atoms. The monoisotopic (exact) mass is 1160 g/mol. The van der Waals surface area contributed by atoms with E-state index in [1.54, 1.807) is 7.11 Å². The van der Waals surface area contributed by atoms with Crippen LogP contribution in [0.1, 0.15) is 73.1 Å². The van der Waals surface area contributed by atoms with Crippen molar-refractivity contribution in [2.45, 2.75) is 84.8 Å². The molecule has 80 heavy (non-hydrogen) atoms. The summed E-state index contributed by atoms with van der Waals surface area (Å²) < 4.78 is 94.1. The van der Waals surface area contributed by atoms with Crippen molar-refractivity contribution in [1.82, 2.24) is 21.3 Å². The summed E-state index contributed by atoms with van der Waals surface area (Å²) in [5.74, 6) is -1.34. The quantitative estimate of drug-likeness (QED) is 0.0529. The number of unbranched alkanes of at least 4 members (excludes halogenated alkanes) is 2. The molecule has 1 atom stereocenters. The van der Waals surface area contributed by atoms with E-state index in [-0.39, 0.29) is 155 Å². The summed E-state index contributed by atoms with van der Waals surface area (Å²) in [5.41, 5.74) is -1.34. The Hall–Kier alpha value is -2.84. The third kappa shape index (κ3) is 61.2. The van der Waals surface area contributed by atoms with Crippen molar-refractivity contribution < 1.29 is 105 Å². The van der Waals surface area contributed by atoms with E-state index in [0.717, 1.165) is 19.3 Å². The average molecular weight is 1170 g/mol. The van der Waals surface area contributed by atoms with Crippen LogP contribution in [0.4, 0.5) is 0 Å². The van der Waals surface area contributed by atoms with Gasteiger partial charge in [-0.15, -0.1) is 0 Å². The first-order valence-electron chi connectivity index (χ1n) is 28.7. The lowest BCUT2D eigenvalue weighted by molar-refractivity contribution is -0.134. The topological polar surface area (TPSA) is 294 Å². The van der Waals surface area contributed by atoms with Gasteiger partial charge in [0.2, 0.25) is 23.6 Å². The Morgan fingerprint density at radius 2 is 0.713 bits per heavy atom. The fraction of sp³-hybridized carbons (Fsp3) is 0.926. The number of methoxy groups -OCH3 is 1. The molecule has 0 radical (unpaired) electrons. The van der Waals surface area contributed by atoms with E-state index in [9.17, 15) is 19.2 Å². The molecule has 476 valence electrons. The molecule has 0 spiro atoms. The minimum atomic E-state index is -1.34. The van der Waals surface area contributed by atoms with Crippen LogP contribution in [-0.4, -0.2) is 285 Å². The van der Waals surface area contributed by atoms with Gasteiger partial charge in [0, 0.05) is 52.6 Å². The predicted molar refractivity (Wildman–Crippen MR) is 297 cm³/mol. The molecule has 26 nitrogen and oxygen atoms in total. The molecule has 26 heteroatoms. The molecule has 0 aliphatic carbocycles. The van der Waals surface area contributed by atoms with Crippen molar-refractivity contribution in [1.29, 1.82) is 0 Å². The maximum absolute atomic E-state index is 13.5. The molecule has 0 saturated carbocycles. The summed E-state index contributed by atoms with van der Waals surface area (Å²) >= 11 is 0. The lowest BCUT2D eigenvalue weighted by Gasteiger charge is -2.34. The van der Waals surface area contributed by atoms with Crippen LogP contribution in [-0.2, 0) is 99.7 Å². The zero-order valence-electron chi connectivity index (χ0n) is 49.8. The highest BCUT2D eigenvalue weighted by Crippen LogP contribution is 2.11. The third-order valence-electron chi connectivity index (χ3n) is 10.1. The number of carbonyl (C=O) groups is 4. The van der Waals surface area contributed by atoms with E-state index in [2.05, 4.69) is 28.2 Å². The maximum atomic E-state index is 13.5. The summed E-state index contributed by atoms with van der Waals surface area (Å²) in [5, 5.41) is 20.1. The van der Waals surface area contributed by atoms with Crippen LogP contribution in [0.5, 0.6) is 0 Å². The third-order valence-corrected chi connectivity index (χ3v) is 10.1. The number of hydrogen-bond acceptors (Lipinski definition) is 22. The van der Waals surface area contributed by atoms with Crippen molar-refractivity contribution in [2.75, 3.05) is 245 Å². The Bertz CT molecular complexity index is 1340. The van der Waals surface area contributed by atoms with E-state index in [1.165, 1.54) is 0 Å². The Labute approximate surface area is 478 Å².